The highest BCUT2D eigenvalue weighted by Gasteiger charge is 2.14. The zero-order valence-corrected chi connectivity index (χ0v) is 8.40. The van der Waals surface area contributed by atoms with Crippen LogP contribution < -0.4 is 0 Å². The molecule has 0 spiro atoms. The molecule has 0 N–H and O–H groups in total. The first-order chi connectivity index (χ1) is 4.16. The van der Waals surface area contributed by atoms with E-state index in [-0.39, 0.29) is 0 Å². The molecule has 0 aliphatic carbocycles. The van der Waals surface area contributed by atoms with E-state index >= 15 is 0 Å². The van der Waals surface area contributed by atoms with Gasteiger partial charge in [0.05, 0.1) is 0 Å². The van der Waals surface area contributed by atoms with Crippen molar-refractivity contribution in [1.29, 1.82) is 0 Å². The first-order valence-corrected chi connectivity index (χ1v) is 7.02. The SMILES string of the molecule is CCC(C)C[O][Al]([Cl])[Cl]. The van der Waals surface area contributed by atoms with Crippen LogP contribution in [0.1, 0.15) is 20.3 Å². The Morgan fingerprint density at radius 3 is 2.44 bits per heavy atom. The van der Waals surface area contributed by atoms with Gasteiger partial charge in [-0.2, -0.15) is 20.1 Å². The monoisotopic (exact) mass is 184 g/mol. The smallest absolute Gasteiger partial charge is 0.477 e. The van der Waals surface area contributed by atoms with Gasteiger partial charge in [-0.05, 0) is 5.92 Å². The molecule has 0 aliphatic rings. The van der Waals surface area contributed by atoms with E-state index in [9.17, 15) is 0 Å². The third-order valence-corrected chi connectivity index (χ3v) is 2.40. The lowest BCUT2D eigenvalue weighted by Crippen LogP contribution is -2.09. The molecule has 0 radical (unpaired) electrons. The highest BCUT2D eigenvalue weighted by atomic mass is 35.7. The molecule has 9 heavy (non-hydrogen) atoms. The largest absolute Gasteiger partial charge is 0.725 e. The average molecular weight is 185 g/mol. The molecule has 0 saturated heterocycles. The predicted octanol–water partition coefficient (Wildman–Crippen LogP) is 2.51. The Bertz CT molecular complexity index is 70.0. The molecule has 0 bridgehead atoms. The Labute approximate surface area is 69.4 Å². The molecule has 54 valence electrons. The molecule has 0 amide bonds. The van der Waals surface area contributed by atoms with Gasteiger partial charge in [-0.15, -0.1) is 0 Å². The molecule has 1 unspecified atom stereocenters. The second-order valence-electron chi connectivity index (χ2n) is 2.11. The summed E-state index contributed by atoms with van der Waals surface area (Å²) in [5.74, 6) is 0.581. The van der Waals surface area contributed by atoms with Crippen molar-refractivity contribution in [2.45, 2.75) is 20.3 Å². The molecule has 0 aromatic carbocycles. The molecule has 1 nitrogen and oxygen atoms in total. The summed E-state index contributed by atoms with van der Waals surface area (Å²) < 4.78 is 5.06. The van der Waals surface area contributed by atoms with Crippen LogP contribution in [0.25, 0.3) is 0 Å². The van der Waals surface area contributed by atoms with E-state index in [0.717, 1.165) is 6.42 Å². The van der Waals surface area contributed by atoms with Gasteiger partial charge in [0.25, 0.3) is 0 Å². The molecule has 0 aromatic rings. The fraction of sp³-hybridized carbons (Fsp3) is 1.00. The van der Waals surface area contributed by atoms with Crippen molar-refractivity contribution in [2.75, 3.05) is 6.61 Å². The van der Waals surface area contributed by atoms with Crippen molar-refractivity contribution >= 4 is 32.7 Å². The van der Waals surface area contributed by atoms with Crippen LogP contribution in [-0.2, 0) is 3.79 Å². The van der Waals surface area contributed by atoms with Crippen molar-refractivity contribution in [3.63, 3.8) is 0 Å². The molecule has 0 aliphatic heterocycles. The van der Waals surface area contributed by atoms with Gasteiger partial charge in [0, 0.05) is 6.61 Å². The molecule has 0 heterocycles. The standard InChI is InChI=1S/C5H11O.Al.2ClH/c1-3-5(2)4-6;;;/h5H,3-4H2,1-2H3;;2*1H/q-1;+3;;/p-2. The van der Waals surface area contributed by atoms with Crippen LogP contribution in [-0.4, -0.2) is 19.2 Å². The quantitative estimate of drug-likeness (QED) is 0.611. The number of hydrogen-bond acceptors (Lipinski definition) is 1. The lowest BCUT2D eigenvalue weighted by Gasteiger charge is -2.07. The Balaban J connectivity index is 3.06. The van der Waals surface area contributed by atoms with E-state index in [0.29, 0.717) is 12.5 Å². The lowest BCUT2D eigenvalue weighted by atomic mass is 10.1. The van der Waals surface area contributed by atoms with E-state index in [4.69, 9.17) is 23.9 Å². The van der Waals surface area contributed by atoms with Gasteiger partial charge in [-0.1, -0.05) is 20.3 Å². The maximum atomic E-state index is 5.46. The topological polar surface area (TPSA) is 9.23 Å². The Kier molecular flexibility index (Phi) is 6.52. The third kappa shape index (κ3) is 6.96. The van der Waals surface area contributed by atoms with Crippen LogP contribution >= 0.6 is 20.1 Å². The predicted molar refractivity (Wildman–Crippen MR) is 42.9 cm³/mol. The van der Waals surface area contributed by atoms with Crippen LogP contribution in [0.15, 0.2) is 0 Å². The van der Waals surface area contributed by atoms with E-state index in [2.05, 4.69) is 13.8 Å². The minimum Gasteiger partial charge on any atom is -0.477 e. The molecule has 0 fully saturated rings. The highest BCUT2D eigenvalue weighted by molar-refractivity contribution is 7.30. The fourth-order valence-corrected chi connectivity index (χ4v) is 1.27. The molecule has 0 aromatic heterocycles. The van der Waals surface area contributed by atoms with Gasteiger partial charge in [-0.25, -0.2) is 0 Å². The van der Waals surface area contributed by atoms with Crippen LogP contribution in [0, 0.1) is 5.92 Å². The fourth-order valence-electron chi connectivity index (χ4n) is 0.355. The first kappa shape index (κ1) is 10.1. The van der Waals surface area contributed by atoms with Gasteiger partial charge < -0.3 is 3.79 Å². The third-order valence-electron chi connectivity index (χ3n) is 1.20. The molecule has 4 heteroatoms. The van der Waals surface area contributed by atoms with Crippen LogP contribution in [0.5, 0.6) is 0 Å². The second kappa shape index (κ2) is 5.83. The second-order valence-corrected chi connectivity index (χ2v) is 6.01. The normalized spacial score (nSPS) is 13.3. The molecule has 0 saturated carbocycles. The van der Waals surface area contributed by atoms with Crippen molar-refractivity contribution in [3.05, 3.63) is 0 Å². The Hall–Kier alpha value is 1.07. The summed E-state index contributed by atoms with van der Waals surface area (Å²) in [6.45, 7) is 4.94. The molecular formula is C5H11AlCl2O. The summed E-state index contributed by atoms with van der Waals surface area (Å²) in [6, 6.07) is 0. The number of rotatable bonds is 4. The maximum absolute atomic E-state index is 5.46. The van der Waals surface area contributed by atoms with Crippen molar-refractivity contribution in [2.24, 2.45) is 5.92 Å². The summed E-state index contributed by atoms with van der Waals surface area (Å²) in [6.07, 6.45) is 1.12. The van der Waals surface area contributed by atoms with Gasteiger partial charge in [0.1, 0.15) is 0 Å². The van der Waals surface area contributed by atoms with Gasteiger partial charge in [0.2, 0.25) is 0 Å². The Morgan fingerprint density at radius 1 is 1.56 bits per heavy atom. The molecular weight excluding hydrogens is 174 g/mol. The van der Waals surface area contributed by atoms with E-state index < -0.39 is 12.6 Å². The van der Waals surface area contributed by atoms with E-state index in [1.54, 1.807) is 0 Å². The minimum absolute atomic E-state index is 0.581. The summed E-state index contributed by atoms with van der Waals surface area (Å²) in [5.41, 5.74) is 0. The van der Waals surface area contributed by atoms with Crippen molar-refractivity contribution in [1.82, 2.24) is 0 Å². The lowest BCUT2D eigenvalue weighted by molar-refractivity contribution is 0.271. The summed E-state index contributed by atoms with van der Waals surface area (Å²) in [4.78, 5) is 0. The van der Waals surface area contributed by atoms with Gasteiger partial charge in [0.15, 0.2) is 0 Å². The minimum atomic E-state index is -1.80. The average Bonchev–Trinajstić information content (AvgIpc) is 1.83. The van der Waals surface area contributed by atoms with Crippen LogP contribution in [0.4, 0.5) is 0 Å². The van der Waals surface area contributed by atoms with Gasteiger partial charge in [-0.3, -0.25) is 0 Å². The van der Waals surface area contributed by atoms with Gasteiger partial charge >= 0.3 is 12.6 Å². The van der Waals surface area contributed by atoms with Crippen molar-refractivity contribution < 1.29 is 3.79 Å². The van der Waals surface area contributed by atoms with E-state index in [1.165, 1.54) is 0 Å². The Morgan fingerprint density at radius 2 is 2.11 bits per heavy atom. The first-order valence-electron chi connectivity index (χ1n) is 3.06. The van der Waals surface area contributed by atoms with E-state index in [1.807, 2.05) is 0 Å². The summed E-state index contributed by atoms with van der Waals surface area (Å²) in [5, 5.41) is 0. The number of halogens is 2. The molecule has 1 atom stereocenters. The summed E-state index contributed by atoms with van der Waals surface area (Å²) in [7, 11) is 10.9. The maximum Gasteiger partial charge on any atom is 0.725 e. The number of hydrogen-bond donors (Lipinski definition) is 0. The van der Waals surface area contributed by atoms with Crippen LogP contribution in [0.3, 0.4) is 0 Å². The highest BCUT2D eigenvalue weighted by Crippen LogP contribution is 2.04. The molecule has 0 rings (SSSR count). The zero-order valence-electron chi connectivity index (χ0n) is 5.73. The zero-order chi connectivity index (χ0) is 7.28. The van der Waals surface area contributed by atoms with Crippen molar-refractivity contribution in [3.8, 4) is 0 Å². The van der Waals surface area contributed by atoms with Crippen LogP contribution in [0.2, 0.25) is 0 Å². The summed E-state index contributed by atoms with van der Waals surface area (Å²) >= 11 is -1.80.